The topological polar surface area (TPSA) is 57.6 Å². The van der Waals surface area contributed by atoms with Crippen molar-refractivity contribution >= 4 is 23.2 Å². The van der Waals surface area contributed by atoms with Gasteiger partial charge in [-0.1, -0.05) is 31.1 Å². The number of allylic oxidation sites excluding steroid dienone is 2. The maximum absolute atomic E-state index is 13.4. The van der Waals surface area contributed by atoms with Crippen molar-refractivity contribution < 1.29 is 14.7 Å². The third-order valence-electron chi connectivity index (χ3n) is 5.98. The highest BCUT2D eigenvalue weighted by Crippen LogP contribution is 2.49. The van der Waals surface area contributed by atoms with Gasteiger partial charge in [0.15, 0.2) is 0 Å². The number of thiophene rings is 1. The van der Waals surface area contributed by atoms with E-state index < -0.39 is 11.9 Å². The van der Waals surface area contributed by atoms with Crippen LogP contribution in [0, 0.1) is 23.7 Å². The standard InChI is InChI=1S/C19H23NO3S/c21-18(16-12-7-8-13(10-12)17(16)19(22)23)20(14-4-1-2-5-14)11-15-6-3-9-24-15/h3,6-9,12-14,16-17H,1-2,4-5,10-11H2,(H,22,23)/t12-,13+,16+,17-/m1/s1. The molecule has 0 spiro atoms. The fraction of sp³-hybridized carbons (Fsp3) is 0.579. The molecule has 1 amide bonds. The summed E-state index contributed by atoms with van der Waals surface area (Å²) in [6.45, 7) is 0.630. The molecule has 0 unspecified atom stereocenters. The predicted molar refractivity (Wildman–Crippen MR) is 92.5 cm³/mol. The van der Waals surface area contributed by atoms with Crippen LogP contribution in [-0.4, -0.2) is 27.9 Å². The maximum atomic E-state index is 13.4. The van der Waals surface area contributed by atoms with E-state index in [1.54, 1.807) is 11.3 Å². The quantitative estimate of drug-likeness (QED) is 0.831. The highest BCUT2D eigenvalue weighted by molar-refractivity contribution is 7.09. The van der Waals surface area contributed by atoms with Crippen molar-refractivity contribution in [3.63, 3.8) is 0 Å². The van der Waals surface area contributed by atoms with E-state index in [9.17, 15) is 14.7 Å². The van der Waals surface area contributed by atoms with Crippen LogP contribution in [0.25, 0.3) is 0 Å². The molecule has 0 aromatic carbocycles. The Kier molecular flexibility index (Phi) is 4.21. The fourth-order valence-corrected chi connectivity index (χ4v) is 5.56. The largest absolute Gasteiger partial charge is 0.481 e. The van der Waals surface area contributed by atoms with Gasteiger partial charge < -0.3 is 10.0 Å². The van der Waals surface area contributed by atoms with Gasteiger partial charge in [-0.25, -0.2) is 0 Å². The molecule has 1 N–H and O–H groups in total. The molecular weight excluding hydrogens is 322 g/mol. The molecule has 0 saturated heterocycles. The first-order chi connectivity index (χ1) is 11.6. The highest BCUT2D eigenvalue weighted by Gasteiger charge is 2.53. The van der Waals surface area contributed by atoms with Crippen LogP contribution < -0.4 is 0 Å². The lowest BCUT2D eigenvalue weighted by Gasteiger charge is -2.34. The molecule has 1 aromatic heterocycles. The molecule has 3 aliphatic carbocycles. The summed E-state index contributed by atoms with van der Waals surface area (Å²) in [6.07, 6.45) is 9.33. The minimum atomic E-state index is -0.812. The lowest BCUT2D eigenvalue weighted by atomic mass is 9.81. The van der Waals surface area contributed by atoms with E-state index in [0.717, 1.165) is 32.1 Å². The van der Waals surface area contributed by atoms with Gasteiger partial charge in [0.2, 0.25) is 5.91 Å². The van der Waals surface area contributed by atoms with Crippen molar-refractivity contribution in [1.29, 1.82) is 0 Å². The predicted octanol–water partition coefficient (Wildman–Crippen LogP) is 3.54. The monoisotopic (exact) mass is 345 g/mol. The highest BCUT2D eigenvalue weighted by atomic mass is 32.1. The Bertz CT molecular complexity index is 648. The minimum absolute atomic E-state index is 0.0358. The second-order valence-electron chi connectivity index (χ2n) is 7.32. The Morgan fingerprint density at radius 3 is 2.50 bits per heavy atom. The Morgan fingerprint density at radius 2 is 1.88 bits per heavy atom. The number of amides is 1. The maximum Gasteiger partial charge on any atom is 0.307 e. The zero-order valence-corrected chi connectivity index (χ0v) is 14.5. The van der Waals surface area contributed by atoms with E-state index in [0.29, 0.717) is 6.54 Å². The van der Waals surface area contributed by atoms with Gasteiger partial charge in [-0.05, 0) is 42.5 Å². The molecule has 24 heavy (non-hydrogen) atoms. The summed E-state index contributed by atoms with van der Waals surface area (Å²) in [7, 11) is 0. The van der Waals surface area contributed by atoms with Crippen molar-refractivity contribution in [1.82, 2.24) is 4.90 Å². The van der Waals surface area contributed by atoms with Crippen molar-refractivity contribution in [2.75, 3.05) is 0 Å². The Labute approximate surface area is 146 Å². The first-order valence-electron chi connectivity index (χ1n) is 8.89. The van der Waals surface area contributed by atoms with Gasteiger partial charge in [0.05, 0.1) is 18.4 Å². The molecule has 128 valence electrons. The number of nitrogens with zero attached hydrogens (tertiary/aromatic N) is 1. The number of hydrogen-bond acceptors (Lipinski definition) is 3. The Hall–Kier alpha value is -1.62. The van der Waals surface area contributed by atoms with Crippen molar-refractivity contribution in [3.8, 4) is 0 Å². The first-order valence-corrected chi connectivity index (χ1v) is 9.77. The lowest BCUT2D eigenvalue weighted by Crippen LogP contribution is -2.46. The zero-order valence-electron chi connectivity index (χ0n) is 13.6. The molecule has 0 aliphatic heterocycles. The summed E-state index contributed by atoms with van der Waals surface area (Å²) in [5.74, 6) is -1.52. The van der Waals surface area contributed by atoms with Crippen LogP contribution in [0.5, 0.6) is 0 Å². The molecule has 0 radical (unpaired) electrons. The molecule has 1 aromatic rings. The van der Waals surface area contributed by atoms with Gasteiger partial charge in [0, 0.05) is 10.9 Å². The number of hydrogen-bond donors (Lipinski definition) is 1. The molecule has 1 heterocycles. The summed E-state index contributed by atoms with van der Waals surface area (Å²) in [6, 6.07) is 4.35. The second-order valence-corrected chi connectivity index (χ2v) is 8.35. The third-order valence-corrected chi connectivity index (χ3v) is 6.85. The van der Waals surface area contributed by atoms with E-state index in [1.165, 1.54) is 4.88 Å². The van der Waals surface area contributed by atoms with E-state index in [-0.39, 0.29) is 29.7 Å². The average Bonchev–Trinajstić information content (AvgIpc) is 3.36. The van der Waals surface area contributed by atoms with E-state index in [2.05, 4.69) is 12.1 Å². The van der Waals surface area contributed by atoms with Crippen LogP contribution in [-0.2, 0) is 16.1 Å². The molecule has 5 heteroatoms. The van der Waals surface area contributed by atoms with Crippen LogP contribution in [0.2, 0.25) is 0 Å². The summed E-state index contributed by atoms with van der Waals surface area (Å²) in [5.41, 5.74) is 0. The molecule has 4 rings (SSSR count). The van der Waals surface area contributed by atoms with Crippen LogP contribution >= 0.6 is 11.3 Å². The van der Waals surface area contributed by atoms with Gasteiger partial charge in [-0.2, -0.15) is 0 Å². The molecule has 4 nitrogen and oxygen atoms in total. The Morgan fingerprint density at radius 1 is 1.17 bits per heavy atom. The number of fused-ring (bicyclic) bond motifs is 2. The zero-order chi connectivity index (χ0) is 16.7. The molecule has 2 fully saturated rings. The van der Waals surface area contributed by atoms with Gasteiger partial charge in [-0.3, -0.25) is 9.59 Å². The third kappa shape index (κ3) is 2.69. The van der Waals surface area contributed by atoms with Gasteiger partial charge in [0.1, 0.15) is 0 Å². The summed E-state index contributed by atoms with van der Waals surface area (Å²) in [5, 5.41) is 11.7. The van der Waals surface area contributed by atoms with Gasteiger partial charge in [-0.15, -0.1) is 11.3 Å². The van der Waals surface area contributed by atoms with Crippen LogP contribution in [0.3, 0.4) is 0 Å². The smallest absolute Gasteiger partial charge is 0.307 e. The van der Waals surface area contributed by atoms with Crippen LogP contribution in [0.15, 0.2) is 29.7 Å². The minimum Gasteiger partial charge on any atom is -0.481 e. The number of carboxylic acid groups (broad SMARTS) is 1. The molecule has 2 bridgehead atoms. The lowest BCUT2D eigenvalue weighted by molar-refractivity contribution is -0.152. The molecule has 2 saturated carbocycles. The van der Waals surface area contributed by atoms with Crippen LogP contribution in [0.1, 0.15) is 37.0 Å². The molecular formula is C19H23NO3S. The SMILES string of the molecule is O=C(O)[C@H]1[C@@H](C(=O)N(Cc2cccs2)C2CCCC2)[C@@H]2C=C[C@H]1C2. The van der Waals surface area contributed by atoms with Gasteiger partial charge in [0.25, 0.3) is 0 Å². The number of carbonyl (C=O) groups is 2. The molecule has 4 atom stereocenters. The molecule has 3 aliphatic rings. The van der Waals surface area contributed by atoms with E-state index >= 15 is 0 Å². The first kappa shape index (κ1) is 15.9. The number of carboxylic acids is 1. The average molecular weight is 345 g/mol. The summed E-state index contributed by atoms with van der Waals surface area (Å²) in [4.78, 5) is 28.4. The number of carbonyl (C=O) groups excluding carboxylic acids is 1. The summed E-state index contributed by atoms with van der Waals surface area (Å²) >= 11 is 1.67. The van der Waals surface area contributed by atoms with Crippen molar-refractivity contribution in [3.05, 3.63) is 34.5 Å². The van der Waals surface area contributed by atoms with Crippen molar-refractivity contribution in [2.24, 2.45) is 23.7 Å². The van der Waals surface area contributed by atoms with Gasteiger partial charge >= 0.3 is 5.97 Å². The van der Waals surface area contributed by atoms with Crippen LogP contribution in [0.4, 0.5) is 0 Å². The van der Waals surface area contributed by atoms with E-state index in [4.69, 9.17) is 0 Å². The van der Waals surface area contributed by atoms with Crippen molar-refractivity contribution in [2.45, 2.75) is 44.7 Å². The fourth-order valence-electron chi connectivity index (χ4n) is 4.86. The number of aliphatic carboxylic acids is 1. The Balaban J connectivity index is 1.60. The number of rotatable bonds is 5. The normalized spacial score (nSPS) is 31.7. The summed E-state index contributed by atoms with van der Waals surface area (Å²) < 4.78 is 0. The second kappa shape index (κ2) is 6.36. The van der Waals surface area contributed by atoms with E-state index in [1.807, 2.05) is 22.4 Å².